The summed E-state index contributed by atoms with van der Waals surface area (Å²) in [5.41, 5.74) is 1.31. The molecule has 0 saturated heterocycles. The SMILES string of the molecule is OCc1cn(-c2ccc(-n3cccn3)c(F)c2)nn1. The van der Waals surface area contributed by atoms with Gasteiger partial charge in [0.05, 0.1) is 18.5 Å². The molecule has 19 heavy (non-hydrogen) atoms. The maximum Gasteiger partial charge on any atom is 0.151 e. The van der Waals surface area contributed by atoms with Crippen LogP contribution in [0, 0.1) is 5.82 Å². The molecule has 2 heterocycles. The highest BCUT2D eigenvalue weighted by molar-refractivity contribution is 5.42. The van der Waals surface area contributed by atoms with Crippen LogP contribution < -0.4 is 0 Å². The molecule has 96 valence electrons. The summed E-state index contributed by atoms with van der Waals surface area (Å²) in [7, 11) is 0. The lowest BCUT2D eigenvalue weighted by molar-refractivity contribution is 0.276. The quantitative estimate of drug-likeness (QED) is 0.764. The van der Waals surface area contributed by atoms with Crippen LogP contribution in [0.1, 0.15) is 5.69 Å². The number of rotatable bonds is 3. The number of nitrogens with zero attached hydrogens (tertiary/aromatic N) is 5. The van der Waals surface area contributed by atoms with Gasteiger partial charge in [0, 0.05) is 18.5 Å². The van der Waals surface area contributed by atoms with Crippen molar-refractivity contribution in [3.63, 3.8) is 0 Å². The van der Waals surface area contributed by atoms with Crippen LogP contribution in [-0.4, -0.2) is 29.9 Å². The predicted octanol–water partition coefficient (Wildman–Crippen LogP) is 1.08. The van der Waals surface area contributed by atoms with Gasteiger partial charge in [-0.15, -0.1) is 5.10 Å². The molecule has 0 bridgehead atoms. The second-order valence-corrected chi connectivity index (χ2v) is 3.90. The molecule has 0 spiro atoms. The molecule has 0 radical (unpaired) electrons. The standard InChI is InChI=1S/C12H10FN5O/c13-11-6-10(18-7-9(8-19)15-16-18)2-3-12(11)17-5-1-4-14-17/h1-7,19H,8H2. The molecule has 1 N–H and O–H groups in total. The van der Waals surface area contributed by atoms with Gasteiger partial charge in [-0.2, -0.15) is 5.10 Å². The van der Waals surface area contributed by atoms with Crippen molar-refractivity contribution in [1.29, 1.82) is 0 Å². The molecule has 3 rings (SSSR count). The first kappa shape index (κ1) is 11.5. The highest BCUT2D eigenvalue weighted by atomic mass is 19.1. The number of benzene rings is 1. The predicted molar refractivity (Wildman–Crippen MR) is 64.4 cm³/mol. The van der Waals surface area contributed by atoms with Gasteiger partial charge in [0.15, 0.2) is 5.82 Å². The Balaban J connectivity index is 1.99. The Morgan fingerprint density at radius 3 is 2.79 bits per heavy atom. The molecule has 0 saturated carbocycles. The first-order valence-corrected chi connectivity index (χ1v) is 5.60. The molecule has 3 aromatic rings. The van der Waals surface area contributed by atoms with Gasteiger partial charge in [-0.25, -0.2) is 13.8 Å². The van der Waals surface area contributed by atoms with Crippen molar-refractivity contribution in [2.24, 2.45) is 0 Å². The molecule has 0 fully saturated rings. The summed E-state index contributed by atoms with van der Waals surface area (Å²) in [5, 5.41) is 20.4. The minimum Gasteiger partial charge on any atom is -0.390 e. The molecule has 0 aliphatic heterocycles. The zero-order valence-electron chi connectivity index (χ0n) is 9.81. The first-order valence-electron chi connectivity index (χ1n) is 5.60. The van der Waals surface area contributed by atoms with E-state index in [4.69, 9.17) is 5.11 Å². The highest BCUT2D eigenvalue weighted by Gasteiger charge is 2.08. The van der Waals surface area contributed by atoms with E-state index in [9.17, 15) is 4.39 Å². The van der Waals surface area contributed by atoms with Gasteiger partial charge >= 0.3 is 0 Å². The molecule has 0 aliphatic rings. The molecule has 1 aromatic carbocycles. The van der Waals surface area contributed by atoms with Gasteiger partial charge in [-0.3, -0.25) is 0 Å². The van der Waals surface area contributed by atoms with Gasteiger partial charge in [-0.1, -0.05) is 5.21 Å². The van der Waals surface area contributed by atoms with E-state index in [1.54, 1.807) is 36.8 Å². The zero-order valence-corrected chi connectivity index (χ0v) is 9.81. The van der Waals surface area contributed by atoms with E-state index in [1.165, 1.54) is 15.4 Å². The Morgan fingerprint density at radius 2 is 2.16 bits per heavy atom. The van der Waals surface area contributed by atoms with E-state index in [1.807, 2.05) is 0 Å². The summed E-state index contributed by atoms with van der Waals surface area (Å²) < 4.78 is 16.9. The number of aliphatic hydroxyl groups excluding tert-OH is 1. The number of aromatic nitrogens is 5. The molecule has 7 heteroatoms. The Hall–Kier alpha value is -2.54. The normalized spacial score (nSPS) is 10.8. The summed E-state index contributed by atoms with van der Waals surface area (Å²) in [6.45, 7) is -0.201. The van der Waals surface area contributed by atoms with Crippen molar-refractivity contribution >= 4 is 0 Å². The van der Waals surface area contributed by atoms with E-state index in [0.29, 0.717) is 17.1 Å². The maximum absolute atomic E-state index is 14.0. The summed E-state index contributed by atoms with van der Waals surface area (Å²) >= 11 is 0. The van der Waals surface area contributed by atoms with Crippen molar-refractivity contribution in [2.75, 3.05) is 0 Å². The second-order valence-electron chi connectivity index (χ2n) is 3.90. The maximum atomic E-state index is 14.0. The Labute approximate surface area is 107 Å². The van der Waals surface area contributed by atoms with Gasteiger partial charge in [0.25, 0.3) is 0 Å². The van der Waals surface area contributed by atoms with Crippen LogP contribution in [0.2, 0.25) is 0 Å². The number of hydrogen-bond acceptors (Lipinski definition) is 4. The number of aliphatic hydroxyl groups is 1. The molecule has 2 aromatic heterocycles. The van der Waals surface area contributed by atoms with Crippen LogP contribution in [0.15, 0.2) is 42.9 Å². The molecule has 6 nitrogen and oxygen atoms in total. The van der Waals surface area contributed by atoms with Crippen LogP contribution in [0.4, 0.5) is 4.39 Å². The topological polar surface area (TPSA) is 68.8 Å². The summed E-state index contributed by atoms with van der Waals surface area (Å²) in [5.74, 6) is -0.415. The second kappa shape index (κ2) is 4.62. The van der Waals surface area contributed by atoms with Crippen molar-refractivity contribution in [1.82, 2.24) is 24.8 Å². The van der Waals surface area contributed by atoms with Crippen molar-refractivity contribution in [2.45, 2.75) is 6.61 Å². The lowest BCUT2D eigenvalue weighted by atomic mass is 10.2. The largest absolute Gasteiger partial charge is 0.390 e. The van der Waals surface area contributed by atoms with Crippen LogP contribution in [0.5, 0.6) is 0 Å². The molecule has 0 unspecified atom stereocenters. The average molecular weight is 259 g/mol. The molecular formula is C12H10FN5O. The minimum absolute atomic E-state index is 0.201. The van der Waals surface area contributed by atoms with Gasteiger partial charge < -0.3 is 5.11 Å². The lowest BCUT2D eigenvalue weighted by Crippen LogP contribution is -2.01. The number of hydrogen-bond donors (Lipinski definition) is 1. The first-order chi connectivity index (χ1) is 9.28. The fourth-order valence-electron chi connectivity index (χ4n) is 1.73. The van der Waals surface area contributed by atoms with Crippen LogP contribution in [-0.2, 0) is 6.61 Å². The Kier molecular flexibility index (Phi) is 2.81. The van der Waals surface area contributed by atoms with E-state index < -0.39 is 5.82 Å². The fourth-order valence-corrected chi connectivity index (χ4v) is 1.73. The van der Waals surface area contributed by atoms with Gasteiger partial charge in [0.2, 0.25) is 0 Å². The molecule has 0 amide bonds. The van der Waals surface area contributed by atoms with Crippen molar-refractivity contribution in [3.05, 3.63) is 54.4 Å². The highest BCUT2D eigenvalue weighted by Crippen LogP contribution is 2.16. The molecule has 0 atom stereocenters. The Morgan fingerprint density at radius 1 is 1.26 bits per heavy atom. The third-order valence-corrected chi connectivity index (χ3v) is 2.65. The fraction of sp³-hybridized carbons (Fsp3) is 0.0833. The van der Waals surface area contributed by atoms with Crippen LogP contribution in [0.25, 0.3) is 11.4 Å². The summed E-state index contributed by atoms with van der Waals surface area (Å²) in [6, 6.07) is 6.37. The smallest absolute Gasteiger partial charge is 0.151 e. The summed E-state index contributed by atoms with van der Waals surface area (Å²) in [4.78, 5) is 0. The molecular weight excluding hydrogens is 249 g/mol. The Bertz CT molecular complexity index is 692. The van der Waals surface area contributed by atoms with E-state index >= 15 is 0 Å². The third-order valence-electron chi connectivity index (χ3n) is 2.65. The third kappa shape index (κ3) is 2.11. The average Bonchev–Trinajstić information content (AvgIpc) is 3.10. The van der Waals surface area contributed by atoms with Gasteiger partial charge in [-0.05, 0) is 18.2 Å². The van der Waals surface area contributed by atoms with E-state index in [0.717, 1.165) is 0 Å². The van der Waals surface area contributed by atoms with Crippen LogP contribution in [0.3, 0.4) is 0 Å². The van der Waals surface area contributed by atoms with Crippen molar-refractivity contribution in [3.8, 4) is 11.4 Å². The van der Waals surface area contributed by atoms with Crippen LogP contribution >= 0.6 is 0 Å². The monoisotopic (exact) mass is 259 g/mol. The van der Waals surface area contributed by atoms with E-state index in [-0.39, 0.29) is 6.61 Å². The van der Waals surface area contributed by atoms with E-state index in [2.05, 4.69) is 15.4 Å². The number of halogens is 1. The minimum atomic E-state index is -0.415. The zero-order chi connectivity index (χ0) is 13.2. The summed E-state index contributed by atoms with van der Waals surface area (Å²) in [6.07, 6.45) is 4.79. The van der Waals surface area contributed by atoms with Gasteiger partial charge in [0.1, 0.15) is 11.4 Å². The molecule has 0 aliphatic carbocycles. The lowest BCUT2D eigenvalue weighted by Gasteiger charge is -2.05. The van der Waals surface area contributed by atoms with Crippen molar-refractivity contribution < 1.29 is 9.50 Å².